The Labute approximate surface area is 177 Å². The molecule has 0 fully saturated rings. The van der Waals surface area contributed by atoms with Crippen LogP contribution in [0.15, 0.2) is 35.7 Å². The minimum Gasteiger partial charge on any atom is -0.377 e. The zero-order valence-electron chi connectivity index (χ0n) is 18.2. The molecule has 0 aliphatic carbocycles. The molecule has 0 unspecified atom stereocenters. The van der Waals surface area contributed by atoms with Crippen molar-refractivity contribution in [2.75, 3.05) is 30.9 Å². The topological polar surface area (TPSA) is 64.7 Å². The second-order valence-corrected chi connectivity index (χ2v) is 9.22. The number of hydrogen-bond acceptors (Lipinski definition) is 4. The van der Waals surface area contributed by atoms with Gasteiger partial charge < -0.3 is 20.4 Å². The first kappa shape index (κ1) is 22.7. The number of rotatable bonds is 7. The van der Waals surface area contributed by atoms with E-state index in [2.05, 4.69) is 17.6 Å². The van der Waals surface area contributed by atoms with Gasteiger partial charge in [-0.1, -0.05) is 13.0 Å². The summed E-state index contributed by atoms with van der Waals surface area (Å²) in [6.45, 7) is 9.09. The first-order valence-electron chi connectivity index (χ1n) is 9.83. The van der Waals surface area contributed by atoms with E-state index in [0.717, 1.165) is 23.4 Å². The zero-order valence-corrected chi connectivity index (χ0v) is 19.0. The van der Waals surface area contributed by atoms with E-state index in [-0.39, 0.29) is 17.5 Å². The molecule has 6 nitrogen and oxygen atoms in total. The van der Waals surface area contributed by atoms with Crippen LogP contribution in [0.3, 0.4) is 0 Å². The maximum atomic E-state index is 12.8. The molecule has 2 rings (SSSR count). The fourth-order valence-corrected chi connectivity index (χ4v) is 3.57. The SMILES string of the molecule is CCCN(Cc1cc(NC(=O)c2cccs2)ccc1N(C)C)C(=O)NC(C)(C)C. The van der Waals surface area contributed by atoms with Crippen molar-refractivity contribution in [3.63, 3.8) is 0 Å². The molecule has 3 amide bonds. The highest BCUT2D eigenvalue weighted by Gasteiger charge is 2.21. The third-order valence-corrected chi connectivity index (χ3v) is 5.06. The molecule has 0 saturated heterocycles. The Balaban J connectivity index is 2.27. The van der Waals surface area contributed by atoms with E-state index < -0.39 is 0 Å². The maximum absolute atomic E-state index is 12.8. The van der Waals surface area contributed by atoms with Crippen LogP contribution in [0.1, 0.15) is 49.4 Å². The second-order valence-electron chi connectivity index (χ2n) is 8.27. The van der Waals surface area contributed by atoms with Crippen LogP contribution in [-0.2, 0) is 6.54 Å². The number of nitrogens with zero attached hydrogens (tertiary/aromatic N) is 2. The Morgan fingerprint density at radius 1 is 1.14 bits per heavy atom. The minimum absolute atomic E-state index is 0.0860. The van der Waals surface area contributed by atoms with E-state index in [9.17, 15) is 9.59 Å². The van der Waals surface area contributed by atoms with Crippen molar-refractivity contribution in [3.05, 3.63) is 46.2 Å². The molecular formula is C22H32N4O2S. The maximum Gasteiger partial charge on any atom is 0.318 e. The lowest BCUT2D eigenvalue weighted by Gasteiger charge is -2.30. The number of nitrogens with one attached hydrogen (secondary N) is 2. The Hall–Kier alpha value is -2.54. The predicted molar refractivity (Wildman–Crippen MR) is 122 cm³/mol. The first-order valence-corrected chi connectivity index (χ1v) is 10.7. The molecular weight excluding hydrogens is 384 g/mol. The first-order chi connectivity index (χ1) is 13.6. The van der Waals surface area contributed by atoms with Crippen LogP contribution in [0, 0.1) is 0 Å². The van der Waals surface area contributed by atoms with Crippen molar-refractivity contribution in [1.29, 1.82) is 0 Å². The van der Waals surface area contributed by atoms with Gasteiger partial charge in [-0.3, -0.25) is 4.79 Å². The van der Waals surface area contributed by atoms with E-state index in [0.29, 0.717) is 18.0 Å². The molecule has 0 atom stereocenters. The summed E-state index contributed by atoms with van der Waals surface area (Å²) in [6, 6.07) is 9.39. The van der Waals surface area contributed by atoms with Gasteiger partial charge in [0.25, 0.3) is 5.91 Å². The minimum atomic E-state index is -0.302. The van der Waals surface area contributed by atoms with E-state index >= 15 is 0 Å². The molecule has 29 heavy (non-hydrogen) atoms. The molecule has 0 aliphatic heterocycles. The molecule has 0 saturated carbocycles. The van der Waals surface area contributed by atoms with Crippen LogP contribution in [0.4, 0.5) is 16.2 Å². The summed E-state index contributed by atoms with van der Waals surface area (Å²) < 4.78 is 0. The molecule has 1 heterocycles. The number of carbonyl (C=O) groups excluding carboxylic acids is 2. The number of amides is 3. The van der Waals surface area contributed by atoms with Crippen LogP contribution in [-0.4, -0.2) is 43.0 Å². The summed E-state index contributed by atoms with van der Waals surface area (Å²) in [5.41, 5.74) is 2.42. The molecule has 7 heteroatoms. The Kier molecular flexibility index (Phi) is 7.67. The Morgan fingerprint density at radius 3 is 2.41 bits per heavy atom. The highest BCUT2D eigenvalue weighted by Crippen LogP contribution is 2.25. The van der Waals surface area contributed by atoms with Gasteiger partial charge in [0.1, 0.15) is 0 Å². The molecule has 2 aromatic rings. The van der Waals surface area contributed by atoms with Gasteiger partial charge in [0, 0.05) is 44.1 Å². The average Bonchev–Trinajstić information content (AvgIpc) is 3.14. The van der Waals surface area contributed by atoms with Gasteiger partial charge in [-0.15, -0.1) is 11.3 Å². The van der Waals surface area contributed by atoms with Crippen LogP contribution >= 0.6 is 11.3 Å². The van der Waals surface area contributed by atoms with Gasteiger partial charge in [0.15, 0.2) is 0 Å². The number of thiophene rings is 1. The lowest BCUT2D eigenvalue weighted by atomic mass is 10.1. The zero-order chi connectivity index (χ0) is 21.6. The molecule has 158 valence electrons. The second kappa shape index (κ2) is 9.78. The number of benzene rings is 1. The van der Waals surface area contributed by atoms with Crippen LogP contribution in [0.25, 0.3) is 0 Å². The highest BCUT2D eigenvalue weighted by atomic mass is 32.1. The van der Waals surface area contributed by atoms with Crippen molar-refractivity contribution in [2.24, 2.45) is 0 Å². The smallest absolute Gasteiger partial charge is 0.318 e. The van der Waals surface area contributed by atoms with Gasteiger partial charge in [0.05, 0.1) is 4.88 Å². The fraction of sp³-hybridized carbons (Fsp3) is 0.455. The van der Waals surface area contributed by atoms with Crippen LogP contribution < -0.4 is 15.5 Å². The highest BCUT2D eigenvalue weighted by molar-refractivity contribution is 7.12. The number of carbonyl (C=O) groups is 2. The third kappa shape index (κ3) is 6.78. The van der Waals surface area contributed by atoms with Crippen molar-refractivity contribution in [2.45, 2.75) is 46.2 Å². The van der Waals surface area contributed by atoms with Gasteiger partial charge >= 0.3 is 6.03 Å². The molecule has 0 aliphatic rings. The molecule has 0 bridgehead atoms. The quantitative estimate of drug-likeness (QED) is 0.682. The van der Waals surface area contributed by atoms with Crippen molar-refractivity contribution in [1.82, 2.24) is 10.2 Å². The molecule has 0 radical (unpaired) electrons. The lowest BCUT2D eigenvalue weighted by molar-refractivity contribution is 0.103. The standard InChI is InChI=1S/C22H32N4O2S/c1-7-12-26(21(28)24-22(2,3)4)15-16-14-17(10-11-18(16)25(5)6)23-20(27)19-9-8-13-29-19/h8-11,13-14H,7,12,15H2,1-6H3,(H,23,27)(H,24,28). The molecule has 1 aromatic heterocycles. The van der Waals surface area contributed by atoms with E-state index in [1.807, 2.05) is 74.3 Å². The van der Waals surface area contributed by atoms with Gasteiger partial charge in [-0.05, 0) is 62.4 Å². The van der Waals surface area contributed by atoms with Crippen molar-refractivity contribution >= 4 is 34.6 Å². The molecule has 1 aromatic carbocycles. The summed E-state index contributed by atoms with van der Waals surface area (Å²) in [4.78, 5) is 29.7. The Bertz CT molecular complexity index is 826. The summed E-state index contributed by atoms with van der Waals surface area (Å²) in [6.07, 6.45) is 0.865. The largest absolute Gasteiger partial charge is 0.377 e. The van der Waals surface area contributed by atoms with Gasteiger partial charge in [-0.25, -0.2) is 4.79 Å². The van der Waals surface area contributed by atoms with E-state index in [1.165, 1.54) is 11.3 Å². The number of anilines is 2. The van der Waals surface area contributed by atoms with Gasteiger partial charge in [0.2, 0.25) is 0 Å². The van der Waals surface area contributed by atoms with Crippen LogP contribution in [0.5, 0.6) is 0 Å². The summed E-state index contributed by atoms with van der Waals surface area (Å²) in [7, 11) is 3.95. The lowest BCUT2D eigenvalue weighted by Crippen LogP contribution is -2.48. The summed E-state index contributed by atoms with van der Waals surface area (Å²) >= 11 is 1.41. The average molecular weight is 417 g/mol. The summed E-state index contributed by atoms with van der Waals surface area (Å²) in [5.74, 6) is -0.126. The Morgan fingerprint density at radius 2 is 1.86 bits per heavy atom. The molecule has 0 spiro atoms. The van der Waals surface area contributed by atoms with E-state index in [4.69, 9.17) is 0 Å². The van der Waals surface area contributed by atoms with Crippen molar-refractivity contribution in [3.8, 4) is 0 Å². The normalized spacial score (nSPS) is 11.1. The molecule has 2 N–H and O–H groups in total. The predicted octanol–water partition coefficient (Wildman–Crippen LogP) is 4.79. The van der Waals surface area contributed by atoms with Crippen LogP contribution in [0.2, 0.25) is 0 Å². The number of urea groups is 1. The summed E-state index contributed by atoms with van der Waals surface area (Å²) in [5, 5.41) is 7.88. The van der Waals surface area contributed by atoms with Gasteiger partial charge in [-0.2, -0.15) is 0 Å². The fourth-order valence-electron chi connectivity index (χ4n) is 2.95. The monoisotopic (exact) mass is 416 g/mol. The van der Waals surface area contributed by atoms with E-state index in [1.54, 1.807) is 6.07 Å². The third-order valence-electron chi connectivity index (χ3n) is 4.19. The number of hydrogen-bond donors (Lipinski definition) is 2. The van der Waals surface area contributed by atoms with Crippen molar-refractivity contribution < 1.29 is 9.59 Å².